The van der Waals surface area contributed by atoms with Crippen LogP contribution in [0, 0.1) is 17.8 Å². The smallest absolute Gasteiger partial charge is 0.243 e. The summed E-state index contributed by atoms with van der Waals surface area (Å²) in [5, 5.41) is 5.79. The number of nitrogens with one attached hydrogen (secondary N) is 3. The van der Waals surface area contributed by atoms with Crippen LogP contribution in [0.3, 0.4) is 0 Å². The summed E-state index contributed by atoms with van der Waals surface area (Å²) in [6, 6.07) is 13.2. The second kappa shape index (κ2) is 12.1. The molecule has 0 spiro atoms. The van der Waals surface area contributed by atoms with E-state index < -0.39 is 16.1 Å². The van der Waals surface area contributed by atoms with Gasteiger partial charge in [0.15, 0.2) is 0 Å². The Balaban J connectivity index is 1.45. The number of hydrogen-bond donors (Lipinski definition) is 3. The molecule has 3 N–H and O–H groups in total. The van der Waals surface area contributed by atoms with Gasteiger partial charge in [-0.05, 0) is 61.8 Å². The molecule has 1 saturated carbocycles. The highest BCUT2D eigenvalue weighted by atomic mass is 32.2. The number of benzene rings is 1. The van der Waals surface area contributed by atoms with Gasteiger partial charge in [-0.25, -0.2) is 13.1 Å². The monoisotopic (exact) mass is 486 g/mol. The van der Waals surface area contributed by atoms with Gasteiger partial charge in [-0.2, -0.15) is 0 Å². The number of carbonyl (C=O) groups excluding carboxylic acids is 2. The molecule has 0 bridgehead atoms. The fourth-order valence-corrected chi connectivity index (χ4v) is 5.27. The molecule has 2 aromatic rings. The Hall–Kier alpha value is -2.78. The number of amides is 2. The van der Waals surface area contributed by atoms with Crippen LogP contribution in [-0.2, 0) is 26.2 Å². The Morgan fingerprint density at radius 1 is 1.00 bits per heavy atom. The standard InChI is InChI=1S/C25H34N4O4S/c1-18(2)23(25(31)27-17-21-8-6-7-15-26-21)29-24(30)20-13-11-19(12-14-20)16-28-34(32,33)22-9-4-3-5-10-22/h3-10,15,18-20,23,28H,11-14,16-17H2,1-2H3,(H,27,31)(H,29,30). The van der Waals surface area contributed by atoms with Crippen molar-refractivity contribution in [2.45, 2.75) is 57.0 Å². The molecule has 1 heterocycles. The molecule has 3 rings (SSSR count). The topological polar surface area (TPSA) is 117 Å². The van der Waals surface area contributed by atoms with Crippen molar-refractivity contribution in [3.8, 4) is 0 Å². The summed E-state index contributed by atoms with van der Waals surface area (Å²) in [6.07, 6.45) is 4.53. The highest BCUT2D eigenvalue weighted by Gasteiger charge is 2.31. The average Bonchev–Trinajstić information content (AvgIpc) is 2.86. The maximum atomic E-state index is 12.9. The molecule has 1 unspecified atom stereocenters. The van der Waals surface area contributed by atoms with Crippen LogP contribution in [0.4, 0.5) is 0 Å². The number of aromatic nitrogens is 1. The van der Waals surface area contributed by atoms with Crippen molar-refractivity contribution in [2.24, 2.45) is 17.8 Å². The maximum absolute atomic E-state index is 12.9. The lowest BCUT2D eigenvalue weighted by atomic mass is 9.81. The quantitative estimate of drug-likeness (QED) is 0.477. The van der Waals surface area contributed by atoms with Gasteiger partial charge in [-0.3, -0.25) is 14.6 Å². The Morgan fingerprint density at radius 2 is 1.68 bits per heavy atom. The van der Waals surface area contributed by atoms with E-state index in [9.17, 15) is 18.0 Å². The zero-order valence-corrected chi connectivity index (χ0v) is 20.6. The molecule has 9 heteroatoms. The zero-order valence-electron chi connectivity index (χ0n) is 19.7. The molecule has 8 nitrogen and oxygen atoms in total. The molecule has 1 aliphatic rings. The number of sulfonamides is 1. The van der Waals surface area contributed by atoms with E-state index in [4.69, 9.17) is 0 Å². The fraction of sp³-hybridized carbons (Fsp3) is 0.480. The third-order valence-electron chi connectivity index (χ3n) is 6.25. The summed E-state index contributed by atoms with van der Waals surface area (Å²) in [7, 11) is -3.53. The highest BCUT2D eigenvalue weighted by Crippen LogP contribution is 2.29. The van der Waals surface area contributed by atoms with Gasteiger partial charge in [-0.1, -0.05) is 38.1 Å². The molecule has 0 radical (unpaired) electrons. The van der Waals surface area contributed by atoms with Gasteiger partial charge in [0, 0.05) is 18.7 Å². The highest BCUT2D eigenvalue weighted by molar-refractivity contribution is 7.89. The summed E-state index contributed by atoms with van der Waals surface area (Å²) in [5.41, 5.74) is 0.755. The molecule has 1 aromatic carbocycles. The molecule has 1 aliphatic carbocycles. The lowest BCUT2D eigenvalue weighted by Gasteiger charge is -2.30. The van der Waals surface area contributed by atoms with E-state index in [0.29, 0.717) is 25.9 Å². The molecular formula is C25H34N4O4S. The van der Waals surface area contributed by atoms with Crippen LogP contribution in [0.5, 0.6) is 0 Å². The van der Waals surface area contributed by atoms with Crippen LogP contribution in [0.2, 0.25) is 0 Å². The van der Waals surface area contributed by atoms with Gasteiger partial charge in [-0.15, -0.1) is 0 Å². The molecule has 0 aliphatic heterocycles. The third-order valence-corrected chi connectivity index (χ3v) is 7.69. The van der Waals surface area contributed by atoms with Crippen LogP contribution in [-0.4, -0.2) is 37.8 Å². The molecule has 1 aromatic heterocycles. The molecule has 184 valence electrons. The number of pyridine rings is 1. The van der Waals surface area contributed by atoms with Gasteiger partial charge in [0.2, 0.25) is 21.8 Å². The predicted octanol–water partition coefficient (Wildman–Crippen LogP) is 2.62. The summed E-state index contributed by atoms with van der Waals surface area (Å²) in [6.45, 7) is 4.47. The normalized spacial score (nSPS) is 19.4. The predicted molar refractivity (Wildman–Crippen MR) is 130 cm³/mol. The van der Waals surface area contributed by atoms with Gasteiger partial charge in [0.05, 0.1) is 17.1 Å². The van der Waals surface area contributed by atoms with E-state index >= 15 is 0 Å². The van der Waals surface area contributed by atoms with Crippen LogP contribution in [0.15, 0.2) is 59.6 Å². The molecular weight excluding hydrogens is 452 g/mol. The van der Waals surface area contributed by atoms with Crippen molar-refractivity contribution in [2.75, 3.05) is 6.54 Å². The molecule has 0 saturated heterocycles. The van der Waals surface area contributed by atoms with E-state index in [1.165, 1.54) is 0 Å². The van der Waals surface area contributed by atoms with Gasteiger partial charge >= 0.3 is 0 Å². The minimum absolute atomic E-state index is 0.0589. The lowest BCUT2D eigenvalue weighted by molar-refractivity contribution is -0.133. The van der Waals surface area contributed by atoms with Crippen LogP contribution >= 0.6 is 0 Å². The first kappa shape index (κ1) is 25.8. The SMILES string of the molecule is CC(C)C(NC(=O)C1CCC(CNS(=O)(=O)c2ccccc2)CC1)C(=O)NCc1ccccn1. The number of carbonyl (C=O) groups is 2. The third kappa shape index (κ3) is 7.36. The molecule has 34 heavy (non-hydrogen) atoms. The largest absolute Gasteiger partial charge is 0.349 e. The first-order chi connectivity index (χ1) is 16.3. The Kier molecular flexibility index (Phi) is 9.18. The minimum atomic E-state index is -3.53. The van der Waals surface area contributed by atoms with Gasteiger partial charge < -0.3 is 10.6 Å². The average molecular weight is 487 g/mol. The summed E-state index contributed by atoms with van der Waals surface area (Å²) in [4.78, 5) is 30.0. The maximum Gasteiger partial charge on any atom is 0.243 e. The first-order valence-electron chi connectivity index (χ1n) is 11.8. The van der Waals surface area contributed by atoms with Crippen LogP contribution in [0.25, 0.3) is 0 Å². The Morgan fingerprint density at radius 3 is 2.29 bits per heavy atom. The van der Waals surface area contributed by atoms with Crippen molar-refractivity contribution in [3.05, 3.63) is 60.4 Å². The molecule has 2 amide bonds. The lowest BCUT2D eigenvalue weighted by Crippen LogP contribution is -2.51. The summed E-state index contributed by atoms with van der Waals surface area (Å²) in [5.74, 6) is -0.388. The van der Waals surface area contributed by atoms with Crippen molar-refractivity contribution in [3.63, 3.8) is 0 Å². The van der Waals surface area contributed by atoms with Crippen molar-refractivity contribution in [1.29, 1.82) is 0 Å². The fourth-order valence-electron chi connectivity index (χ4n) is 4.14. The van der Waals surface area contributed by atoms with E-state index in [-0.39, 0.29) is 34.5 Å². The Labute approximate surface area is 202 Å². The summed E-state index contributed by atoms with van der Waals surface area (Å²) >= 11 is 0. The van der Waals surface area contributed by atoms with E-state index in [2.05, 4.69) is 20.3 Å². The van der Waals surface area contributed by atoms with Gasteiger partial charge in [0.25, 0.3) is 0 Å². The van der Waals surface area contributed by atoms with Crippen LogP contribution < -0.4 is 15.4 Å². The van der Waals surface area contributed by atoms with E-state index in [1.807, 2.05) is 32.0 Å². The minimum Gasteiger partial charge on any atom is -0.349 e. The van der Waals surface area contributed by atoms with Crippen molar-refractivity contribution in [1.82, 2.24) is 20.3 Å². The van der Waals surface area contributed by atoms with E-state index in [1.54, 1.807) is 36.5 Å². The zero-order chi connectivity index (χ0) is 24.6. The second-order valence-electron chi connectivity index (χ2n) is 9.15. The number of rotatable bonds is 10. The van der Waals surface area contributed by atoms with Crippen molar-refractivity contribution >= 4 is 21.8 Å². The number of nitrogens with zero attached hydrogens (tertiary/aromatic N) is 1. The van der Waals surface area contributed by atoms with Crippen LogP contribution in [0.1, 0.15) is 45.2 Å². The van der Waals surface area contributed by atoms with Gasteiger partial charge in [0.1, 0.15) is 6.04 Å². The molecule has 1 atom stereocenters. The Bertz CT molecular complexity index is 1040. The number of hydrogen-bond acceptors (Lipinski definition) is 5. The summed E-state index contributed by atoms with van der Waals surface area (Å²) < 4.78 is 27.5. The second-order valence-corrected chi connectivity index (χ2v) is 10.9. The van der Waals surface area contributed by atoms with Crippen molar-refractivity contribution < 1.29 is 18.0 Å². The van der Waals surface area contributed by atoms with E-state index in [0.717, 1.165) is 18.5 Å². The first-order valence-corrected chi connectivity index (χ1v) is 13.3. The molecule has 1 fully saturated rings.